The Morgan fingerprint density at radius 1 is 1.88 bits per heavy atom. The number of hydrogen-bond acceptors (Lipinski definition) is 3. The van der Waals surface area contributed by atoms with Gasteiger partial charge in [0.15, 0.2) is 0 Å². The lowest BCUT2D eigenvalue weighted by Gasteiger charge is -1.91. The van der Waals surface area contributed by atoms with E-state index in [4.69, 9.17) is 16.9 Å². The van der Waals surface area contributed by atoms with E-state index in [0.717, 1.165) is 0 Å². The van der Waals surface area contributed by atoms with E-state index in [-0.39, 0.29) is 0 Å². The van der Waals surface area contributed by atoms with Gasteiger partial charge in [-0.05, 0) is 0 Å². The maximum Gasteiger partial charge on any atom is 0.215 e. The molecule has 4 heteroatoms. The van der Waals surface area contributed by atoms with Crippen LogP contribution in [0.4, 0.5) is 0 Å². The highest BCUT2D eigenvalue weighted by Crippen LogP contribution is 2.17. The first-order chi connectivity index (χ1) is 3.84. The Bertz CT molecular complexity index is 160. The molecular formula is C4H2ClNO2. The average molecular weight is 132 g/mol. The van der Waals surface area contributed by atoms with Crippen molar-refractivity contribution >= 4 is 11.6 Å². The lowest BCUT2D eigenvalue weighted by Crippen LogP contribution is -1.96. The average Bonchev–Trinajstić information content (AvgIpc) is 2.14. The van der Waals surface area contributed by atoms with Gasteiger partial charge in [0.05, 0.1) is 0 Å². The van der Waals surface area contributed by atoms with Gasteiger partial charge in [0, 0.05) is 0 Å². The first kappa shape index (κ1) is 5.42. The van der Waals surface area contributed by atoms with Crippen LogP contribution in [0.15, 0.2) is 11.8 Å². The van der Waals surface area contributed by atoms with Gasteiger partial charge in [-0.25, -0.2) is 0 Å². The summed E-state index contributed by atoms with van der Waals surface area (Å²) in [6, 6.07) is 1.79. The molecule has 0 saturated heterocycles. The minimum Gasteiger partial charge on any atom is -0.342 e. The maximum atomic E-state index is 8.17. The zero-order chi connectivity index (χ0) is 5.98. The second-order valence-electron chi connectivity index (χ2n) is 1.19. The fourth-order valence-corrected chi connectivity index (χ4v) is 0.453. The van der Waals surface area contributed by atoms with Crippen molar-refractivity contribution in [3.05, 3.63) is 11.8 Å². The predicted octanol–water partition coefficient (Wildman–Crippen LogP) is 0.921. The van der Waals surface area contributed by atoms with Crippen molar-refractivity contribution in [3.63, 3.8) is 0 Å². The molecular weight excluding hydrogens is 130 g/mol. The second kappa shape index (κ2) is 2.03. The highest BCUT2D eigenvalue weighted by Gasteiger charge is 2.18. The normalized spacial score (nSPS) is 26.0. The summed E-state index contributed by atoms with van der Waals surface area (Å²) in [5, 5.41) is 8.17. The molecule has 0 saturated carbocycles. The first-order valence-corrected chi connectivity index (χ1v) is 2.34. The topological polar surface area (TPSA) is 42.2 Å². The van der Waals surface area contributed by atoms with E-state index >= 15 is 0 Å². The van der Waals surface area contributed by atoms with Gasteiger partial charge in [-0.3, -0.25) is 0 Å². The van der Waals surface area contributed by atoms with Gasteiger partial charge in [-0.2, -0.15) is 10.1 Å². The van der Waals surface area contributed by atoms with Gasteiger partial charge in [-0.1, -0.05) is 11.6 Å². The monoisotopic (exact) mass is 131 g/mol. The molecule has 8 heavy (non-hydrogen) atoms. The van der Waals surface area contributed by atoms with E-state index < -0.39 is 5.56 Å². The number of halogens is 1. The Hall–Kier alpha value is -0.720. The molecule has 0 N–H and O–H groups in total. The van der Waals surface area contributed by atoms with E-state index in [2.05, 4.69) is 9.78 Å². The van der Waals surface area contributed by atoms with Crippen LogP contribution in [0, 0.1) is 11.3 Å². The van der Waals surface area contributed by atoms with Crippen molar-refractivity contribution in [3.8, 4) is 6.07 Å². The molecule has 1 heterocycles. The van der Waals surface area contributed by atoms with Gasteiger partial charge in [0.2, 0.25) is 5.56 Å². The summed E-state index contributed by atoms with van der Waals surface area (Å²) in [6.45, 7) is 0. The number of nitriles is 1. The molecule has 0 spiro atoms. The summed E-state index contributed by atoms with van der Waals surface area (Å²) >= 11 is 5.34. The molecule has 0 radical (unpaired) electrons. The lowest BCUT2D eigenvalue weighted by atomic mass is 10.4. The Morgan fingerprint density at radius 3 is 2.88 bits per heavy atom. The predicted molar refractivity (Wildman–Crippen MR) is 25.5 cm³/mol. The third-order valence-corrected chi connectivity index (χ3v) is 0.997. The Kier molecular flexibility index (Phi) is 1.38. The number of hydrogen-bond donors (Lipinski definition) is 0. The zero-order valence-electron chi connectivity index (χ0n) is 3.80. The quantitative estimate of drug-likeness (QED) is 0.363. The number of alkyl halides is 1. The van der Waals surface area contributed by atoms with Crippen LogP contribution in [0.25, 0.3) is 0 Å². The molecule has 1 aliphatic heterocycles. The molecule has 0 aromatic carbocycles. The van der Waals surface area contributed by atoms with Crippen LogP contribution in [0.3, 0.4) is 0 Å². The third kappa shape index (κ3) is 0.760. The van der Waals surface area contributed by atoms with Crippen molar-refractivity contribution in [1.29, 1.82) is 5.26 Å². The van der Waals surface area contributed by atoms with Gasteiger partial charge < -0.3 is 4.89 Å². The Labute approximate surface area is 51.0 Å². The molecule has 1 unspecified atom stereocenters. The molecule has 1 atom stereocenters. The molecule has 0 aromatic heterocycles. The summed E-state index contributed by atoms with van der Waals surface area (Å²) in [5.41, 5.74) is -0.424. The standard InChI is InChI=1S/C4H2ClNO2/c5-4-3(1-6)2-7-8-4/h2,4H. The number of nitrogens with zero attached hydrogens (tertiary/aromatic N) is 1. The summed E-state index contributed by atoms with van der Waals surface area (Å²) < 4.78 is 0. The third-order valence-electron chi connectivity index (χ3n) is 0.689. The zero-order valence-corrected chi connectivity index (χ0v) is 4.55. The second-order valence-corrected chi connectivity index (χ2v) is 1.59. The fourth-order valence-electron chi connectivity index (χ4n) is 0.311. The Morgan fingerprint density at radius 2 is 2.62 bits per heavy atom. The molecule has 3 nitrogen and oxygen atoms in total. The van der Waals surface area contributed by atoms with E-state index in [9.17, 15) is 0 Å². The van der Waals surface area contributed by atoms with Crippen molar-refractivity contribution in [2.75, 3.05) is 0 Å². The van der Waals surface area contributed by atoms with E-state index in [1.54, 1.807) is 6.07 Å². The molecule has 0 aliphatic carbocycles. The SMILES string of the molecule is N#CC1=COOC1Cl. The van der Waals surface area contributed by atoms with Crippen LogP contribution in [-0.4, -0.2) is 5.56 Å². The first-order valence-electron chi connectivity index (χ1n) is 1.91. The lowest BCUT2D eigenvalue weighted by molar-refractivity contribution is -0.233. The van der Waals surface area contributed by atoms with Gasteiger partial charge >= 0.3 is 0 Å². The molecule has 1 rings (SSSR count). The van der Waals surface area contributed by atoms with Gasteiger partial charge in [0.25, 0.3) is 0 Å². The van der Waals surface area contributed by atoms with Gasteiger partial charge in [0.1, 0.15) is 17.9 Å². The number of rotatable bonds is 0. The smallest absolute Gasteiger partial charge is 0.215 e. The van der Waals surface area contributed by atoms with Crippen LogP contribution in [0.2, 0.25) is 0 Å². The summed E-state index contributed by atoms with van der Waals surface area (Å²) in [7, 11) is 0. The molecule has 0 amide bonds. The summed E-state index contributed by atoms with van der Waals surface area (Å²) in [6.07, 6.45) is 1.18. The van der Waals surface area contributed by atoms with E-state index in [1.165, 1.54) is 6.26 Å². The molecule has 42 valence electrons. The summed E-state index contributed by atoms with van der Waals surface area (Å²) in [5.74, 6) is 0. The highest BCUT2D eigenvalue weighted by atomic mass is 35.5. The van der Waals surface area contributed by atoms with Crippen LogP contribution in [-0.2, 0) is 9.78 Å². The van der Waals surface area contributed by atoms with E-state index in [0.29, 0.717) is 5.57 Å². The fraction of sp³-hybridized carbons (Fsp3) is 0.250. The van der Waals surface area contributed by atoms with Crippen LogP contribution in [0.1, 0.15) is 0 Å². The summed E-state index contributed by atoms with van der Waals surface area (Å²) in [4.78, 5) is 8.55. The minimum absolute atomic E-state index is 0.298. The van der Waals surface area contributed by atoms with Crippen molar-refractivity contribution in [2.45, 2.75) is 5.56 Å². The van der Waals surface area contributed by atoms with Crippen molar-refractivity contribution in [1.82, 2.24) is 0 Å². The maximum absolute atomic E-state index is 8.17. The van der Waals surface area contributed by atoms with Crippen LogP contribution < -0.4 is 0 Å². The van der Waals surface area contributed by atoms with Crippen LogP contribution >= 0.6 is 11.6 Å². The van der Waals surface area contributed by atoms with E-state index in [1.807, 2.05) is 0 Å². The molecule has 0 aromatic rings. The van der Waals surface area contributed by atoms with Gasteiger partial charge in [-0.15, -0.1) is 0 Å². The van der Waals surface area contributed by atoms with Crippen molar-refractivity contribution in [2.24, 2.45) is 0 Å². The minimum atomic E-state index is -0.722. The molecule has 0 fully saturated rings. The Balaban J connectivity index is 2.66. The molecule has 0 bridgehead atoms. The largest absolute Gasteiger partial charge is 0.342 e. The molecule has 1 aliphatic rings. The van der Waals surface area contributed by atoms with Crippen LogP contribution in [0.5, 0.6) is 0 Å². The van der Waals surface area contributed by atoms with Crippen molar-refractivity contribution < 1.29 is 9.78 Å². The highest BCUT2D eigenvalue weighted by molar-refractivity contribution is 6.21.